The molecule has 1 amide bonds. The summed E-state index contributed by atoms with van der Waals surface area (Å²) >= 11 is 0. The fourth-order valence-corrected chi connectivity index (χ4v) is 3.52. The lowest BCUT2D eigenvalue weighted by molar-refractivity contribution is 0.0868. The SMILES string of the molecule is O=C(N[C@@H]1CC(Cn2cccn2)C[C@H]1O)c1cn(-c2ccccc2)cn1. The van der Waals surface area contributed by atoms with Crippen molar-refractivity contribution in [2.24, 2.45) is 5.92 Å². The second-order valence-electron chi connectivity index (χ2n) is 6.71. The molecule has 1 aliphatic rings. The predicted octanol–water partition coefficient (Wildman–Crippen LogP) is 1.64. The van der Waals surface area contributed by atoms with Crippen molar-refractivity contribution in [2.45, 2.75) is 31.5 Å². The molecule has 1 aromatic carbocycles. The summed E-state index contributed by atoms with van der Waals surface area (Å²) in [6.45, 7) is 0.749. The van der Waals surface area contributed by atoms with E-state index in [1.165, 1.54) is 0 Å². The lowest BCUT2D eigenvalue weighted by atomic mass is 10.1. The van der Waals surface area contributed by atoms with E-state index >= 15 is 0 Å². The van der Waals surface area contributed by atoms with Gasteiger partial charge in [-0.25, -0.2) is 4.98 Å². The molecule has 0 aliphatic heterocycles. The fourth-order valence-electron chi connectivity index (χ4n) is 3.52. The molecule has 2 heterocycles. The highest BCUT2D eigenvalue weighted by Crippen LogP contribution is 2.27. The number of hydrogen-bond donors (Lipinski definition) is 2. The van der Waals surface area contributed by atoms with Crippen LogP contribution < -0.4 is 5.32 Å². The Balaban J connectivity index is 1.38. The van der Waals surface area contributed by atoms with Crippen LogP contribution in [0, 0.1) is 5.92 Å². The van der Waals surface area contributed by atoms with Gasteiger partial charge in [-0.1, -0.05) is 18.2 Å². The molecular formula is C19H21N5O2. The number of carbonyl (C=O) groups is 1. The Hall–Kier alpha value is -2.93. The van der Waals surface area contributed by atoms with Gasteiger partial charge in [-0.05, 0) is 37.0 Å². The van der Waals surface area contributed by atoms with E-state index in [-0.39, 0.29) is 17.9 Å². The summed E-state index contributed by atoms with van der Waals surface area (Å²) in [4.78, 5) is 16.7. The second-order valence-corrected chi connectivity index (χ2v) is 6.71. The summed E-state index contributed by atoms with van der Waals surface area (Å²) in [5.41, 5.74) is 1.29. The van der Waals surface area contributed by atoms with Gasteiger partial charge < -0.3 is 15.0 Å². The first kappa shape index (κ1) is 16.5. The number of rotatable bonds is 5. The summed E-state index contributed by atoms with van der Waals surface area (Å²) in [6, 6.07) is 11.3. The molecule has 3 atom stereocenters. The predicted molar refractivity (Wildman–Crippen MR) is 95.8 cm³/mol. The first-order valence-corrected chi connectivity index (χ1v) is 8.75. The van der Waals surface area contributed by atoms with Gasteiger partial charge in [0.25, 0.3) is 5.91 Å². The van der Waals surface area contributed by atoms with Crippen LogP contribution in [0.15, 0.2) is 61.3 Å². The van der Waals surface area contributed by atoms with E-state index in [1.54, 1.807) is 23.3 Å². The molecule has 26 heavy (non-hydrogen) atoms. The van der Waals surface area contributed by atoms with Crippen LogP contribution in [0.4, 0.5) is 0 Å². The Labute approximate surface area is 151 Å². The van der Waals surface area contributed by atoms with Crippen LogP contribution in [-0.4, -0.2) is 42.5 Å². The molecule has 0 bridgehead atoms. The van der Waals surface area contributed by atoms with Gasteiger partial charge >= 0.3 is 0 Å². The normalized spacial score (nSPS) is 22.4. The number of benzene rings is 1. The highest BCUT2D eigenvalue weighted by atomic mass is 16.3. The van der Waals surface area contributed by atoms with E-state index in [9.17, 15) is 9.90 Å². The van der Waals surface area contributed by atoms with Crippen LogP contribution in [0.3, 0.4) is 0 Å². The number of carbonyl (C=O) groups excluding carboxylic acids is 1. The Morgan fingerprint density at radius 1 is 1.23 bits per heavy atom. The van der Waals surface area contributed by atoms with Crippen LogP contribution in [0.25, 0.3) is 5.69 Å². The zero-order valence-electron chi connectivity index (χ0n) is 14.3. The summed E-state index contributed by atoms with van der Waals surface area (Å²) in [5.74, 6) is 0.0283. The van der Waals surface area contributed by atoms with Crippen molar-refractivity contribution in [3.63, 3.8) is 0 Å². The van der Waals surface area contributed by atoms with Gasteiger partial charge in [0.2, 0.25) is 0 Å². The van der Waals surface area contributed by atoms with Gasteiger partial charge in [0.1, 0.15) is 12.0 Å². The fraction of sp³-hybridized carbons (Fsp3) is 0.316. The van der Waals surface area contributed by atoms with Gasteiger partial charge in [-0.2, -0.15) is 5.10 Å². The third kappa shape index (κ3) is 3.52. The van der Waals surface area contributed by atoms with Crippen molar-refractivity contribution in [1.82, 2.24) is 24.6 Å². The summed E-state index contributed by atoms with van der Waals surface area (Å²) in [5, 5.41) is 17.4. The molecule has 1 saturated carbocycles. The number of aliphatic hydroxyl groups excluding tert-OH is 1. The third-order valence-electron chi connectivity index (χ3n) is 4.82. The minimum Gasteiger partial charge on any atom is -0.391 e. The molecule has 7 nitrogen and oxygen atoms in total. The van der Waals surface area contributed by atoms with Gasteiger partial charge in [-0.3, -0.25) is 9.48 Å². The maximum Gasteiger partial charge on any atom is 0.271 e. The molecule has 3 aromatic rings. The van der Waals surface area contributed by atoms with Crippen LogP contribution in [0.2, 0.25) is 0 Å². The van der Waals surface area contributed by atoms with E-state index in [2.05, 4.69) is 15.4 Å². The van der Waals surface area contributed by atoms with Crippen molar-refractivity contribution in [3.8, 4) is 5.69 Å². The van der Waals surface area contributed by atoms with Crippen LogP contribution in [-0.2, 0) is 6.54 Å². The molecular weight excluding hydrogens is 330 g/mol. The number of aromatic nitrogens is 4. The maximum absolute atomic E-state index is 12.5. The van der Waals surface area contributed by atoms with Crippen LogP contribution in [0.1, 0.15) is 23.3 Å². The Morgan fingerprint density at radius 2 is 2.08 bits per heavy atom. The van der Waals surface area contributed by atoms with E-state index in [4.69, 9.17) is 0 Å². The number of hydrogen-bond acceptors (Lipinski definition) is 4. The molecule has 1 aliphatic carbocycles. The average molecular weight is 351 g/mol. The molecule has 1 unspecified atom stereocenters. The molecule has 2 aromatic heterocycles. The van der Waals surface area contributed by atoms with Crippen molar-refractivity contribution >= 4 is 5.91 Å². The average Bonchev–Trinajstić information content (AvgIpc) is 3.38. The van der Waals surface area contributed by atoms with Gasteiger partial charge in [-0.15, -0.1) is 0 Å². The smallest absolute Gasteiger partial charge is 0.271 e. The molecule has 2 N–H and O–H groups in total. The van der Waals surface area contributed by atoms with Gasteiger partial charge in [0.05, 0.1) is 12.1 Å². The Kier molecular flexibility index (Phi) is 4.53. The summed E-state index contributed by atoms with van der Waals surface area (Å²) in [6.07, 6.45) is 7.82. The maximum atomic E-state index is 12.5. The number of aliphatic hydroxyl groups is 1. The Morgan fingerprint density at radius 3 is 2.85 bits per heavy atom. The molecule has 4 rings (SSSR count). The first-order chi connectivity index (χ1) is 12.7. The summed E-state index contributed by atoms with van der Waals surface area (Å²) < 4.78 is 3.67. The zero-order chi connectivity index (χ0) is 17.9. The molecule has 7 heteroatoms. The number of imidazole rings is 1. The Bertz CT molecular complexity index is 859. The third-order valence-corrected chi connectivity index (χ3v) is 4.82. The highest BCUT2D eigenvalue weighted by Gasteiger charge is 2.34. The van der Waals surface area contributed by atoms with Crippen molar-refractivity contribution in [2.75, 3.05) is 0 Å². The standard InChI is InChI=1S/C19H21N5O2/c25-18-10-14(11-24-8-4-7-21-24)9-16(18)22-19(26)17-12-23(13-20-17)15-5-2-1-3-6-15/h1-8,12-14,16,18,25H,9-11H2,(H,22,26)/t14?,16-,18-/m1/s1. The summed E-state index contributed by atoms with van der Waals surface area (Å²) in [7, 11) is 0. The number of nitrogens with one attached hydrogen (secondary N) is 1. The zero-order valence-corrected chi connectivity index (χ0v) is 14.3. The molecule has 0 radical (unpaired) electrons. The van der Waals surface area contributed by atoms with E-state index < -0.39 is 6.10 Å². The van der Waals surface area contributed by atoms with Crippen LogP contribution >= 0.6 is 0 Å². The minimum absolute atomic E-state index is 0.259. The van der Waals surface area contributed by atoms with E-state index in [0.29, 0.717) is 12.1 Å². The first-order valence-electron chi connectivity index (χ1n) is 8.75. The number of para-hydroxylation sites is 1. The number of nitrogens with zero attached hydrogens (tertiary/aromatic N) is 4. The van der Waals surface area contributed by atoms with Crippen molar-refractivity contribution < 1.29 is 9.90 Å². The highest BCUT2D eigenvalue weighted by molar-refractivity contribution is 5.92. The van der Waals surface area contributed by atoms with Crippen LogP contribution in [0.5, 0.6) is 0 Å². The molecule has 134 valence electrons. The van der Waals surface area contributed by atoms with Crippen molar-refractivity contribution in [1.29, 1.82) is 0 Å². The topological polar surface area (TPSA) is 85.0 Å². The lowest BCUT2D eigenvalue weighted by Crippen LogP contribution is -2.40. The second kappa shape index (κ2) is 7.13. The largest absolute Gasteiger partial charge is 0.391 e. The van der Waals surface area contributed by atoms with Crippen molar-refractivity contribution in [3.05, 3.63) is 67.0 Å². The van der Waals surface area contributed by atoms with E-state index in [1.807, 2.05) is 47.3 Å². The number of amides is 1. The lowest BCUT2D eigenvalue weighted by Gasteiger charge is -2.15. The monoisotopic (exact) mass is 351 g/mol. The molecule has 0 saturated heterocycles. The van der Waals surface area contributed by atoms with E-state index in [0.717, 1.165) is 18.7 Å². The van der Waals surface area contributed by atoms with Gasteiger partial charge in [0.15, 0.2) is 0 Å². The van der Waals surface area contributed by atoms with Gasteiger partial charge in [0, 0.05) is 30.8 Å². The quantitative estimate of drug-likeness (QED) is 0.732. The molecule has 0 spiro atoms. The molecule has 1 fully saturated rings. The minimum atomic E-state index is -0.546.